The fraction of sp³-hybridized carbons (Fsp3) is 0.500. The number of hydrogen-bond donors (Lipinski definition) is 1. The Bertz CT molecular complexity index is 614. The second-order valence-electron chi connectivity index (χ2n) is 4.83. The molecule has 20 heavy (non-hydrogen) atoms. The number of rotatable bonds is 7. The first-order valence-corrected chi connectivity index (χ1v) is 7.82. The molecule has 1 aliphatic rings. The fourth-order valence-corrected chi connectivity index (χ4v) is 3.22. The maximum absolute atomic E-state index is 13.4. The predicted octanol–water partition coefficient (Wildman–Crippen LogP) is 2.20. The molecule has 6 nitrogen and oxygen atoms in total. The average molecular weight is 302 g/mol. The van der Waals surface area contributed by atoms with E-state index in [0.29, 0.717) is 12.3 Å². The summed E-state index contributed by atoms with van der Waals surface area (Å²) in [6.07, 6.45) is 3.98. The summed E-state index contributed by atoms with van der Waals surface area (Å²) in [5, 5.41) is 10.8. The normalized spacial score (nSPS) is 15.2. The van der Waals surface area contributed by atoms with Crippen LogP contribution in [0.5, 0.6) is 0 Å². The zero-order valence-electron chi connectivity index (χ0n) is 10.7. The largest absolute Gasteiger partial charge is 0.324 e. The molecule has 110 valence electrons. The van der Waals surface area contributed by atoms with Gasteiger partial charge in [0.15, 0.2) is 4.90 Å². The highest BCUT2D eigenvalue weighted by Crippen LogP contribution is 2.33. The number of nitrogens with one attached hydrogen (secondary N) is 1. The molecule has 8 heteroatoms. The summed E-state index contributed by atoms with van der Waals surface area (Å²) in [5.41, 5.74) is -1.01. The van der Waals surface area contributed by atoms with Crippen molar-refractivity contribution in [2.24, 2.45) is 5.92 Å². The Morgan fingerprint density at radius 1 is 1.40 bits per heavy atom. The molecule has 0 spiro atoms. The van der Waals surface area contributed by atoms with E-state index in [0.717, 1.165) is 24.6 Å². The van der Waals surface area contributed by atoms with Crippen molar-refractivity contribution in [3.63, 3.8) is 0 Å². The molecular weight excluding hydrogens is 287 g/mol. The van der Waals surface area contributed by atoms with Crippen LogP contribution in [0.3, 0.4) is 0 Å². The molecule has 0 aliphatic heterocycles. The molecular formula is C12H15FN2O4S. The molecule has 2 rings (SSSR count). The molecule has 0 radical (unpaired) electrons. The third-order valence-corrected chi connectivity index (χ3v) is 4.69. The molecule has 1 aliphatic carbocycles. The Hall–Kier alpha value is -1.54. The van der Waals surface area contributed by atoms with Crippen LogP contribution in [0.1, 0.15) is 25.7 Å². The van der Waals surface area contributed by atoms with E-state index in [1.165, 1.54) is 12.8 Å². The van der Waals surface area contributed by atoms with Crippen molar-refractivity contribution >= 4 is 15.7 Å². The lowest BCUT2D eigenvalue weighted by Crippen LogP contribution is -2.25. The first-order chi connectivity index (χ1) is 9.42. The number of nitro benzene ring substituents is 1. The van der Waals surface area contributed by atoms with Crippen LogP contribution in [0.2, 0.25) is 0 Å². The number of halogens is 1. The first kappa shape index (κ1) is 14.9. The van der Waals surface area contributed by atoms with Gasteiger partial charge in [-0.05, 0) is 30.9 Å². The molecule has 0 aromatic heterocycles. The van der Waals surface area contributed by atoms with Gasteiger partial charge in [-0.3, -0.25) is 10.1 Å². The van der Waals surface area contributed by atoms with Gasteiger partial charge in [0.25, 0.3) is 0 Å². The summed E-state index contributed by atoms with van der Waals surface area (Å²) in [7, 11) is -4.07. The van der Waals surface area contributed by atoms with E-state index in [1.807, 2.05) is 0 Å². The van der Waals surface area contributed by atoms with Crippen molar-refractivity contribution in [3.05, 3.63) is 34.1 Å². The van der Waals surface area contributed by atoms with E-state index in [-0.39, 0.29) is 6.54 Å². The summed E-state index contributed by atoms with van der Waals surface area (Å²) < 4.78 is 39.7. The molecule has 0 unspecified atom stereocenters. The lowest BCUT2D eigenvalue weighted by molar-refractivity contribution is -0.390. The monoisotopic (exact) mass is 302 g/mol. The molecule has 1 aromatic carbocycles. The molecule has 1 fully saturated rings. The van der Waals surface area contributed by atoms with Gasteiger partial charge in [0, 0.05) is 6.54 Å². The van der Waals surface area contributed by atoms with E-state index in [9.17, 15) is 22.9 Å². The highest BCUT2D eigenvalue weighted by Gasteiger charge is 2.29. The minimum Gasteiger partial charge on any atom is -0.258 e. The van der Waals surface area contributed by atoms with Gasteiger partial charge in [-0.1, -0.05) is 18.9 Å². The Morgan fingerprint density at radius 2 is 2.10 bits per heavy atom. The van der Waals surface area contributed by atoms with Crippen LogP contribution in [-0.2, 0) is 10.0 Å². The van der Waals surface area contributed by atoms with E-state index in [2.05, 4.69) is 4.72 Å². The predicted molar refractivity (Wildman–Crippen MR) is 70.2 cm³/mol. The summed E-state index contributed by atoms with van der Waals surface area (Å²) >= 11 is 0. The van der Waals surface area contributed by atoms with Gasteiger partial charge in [-0.2, -0.15) is 4.39 Å². The van der Waals surface area contributed by atoms with Crippen molar-refractivity contribution in [1.82, 2.24) is 4.72 Å². The zero-order chi connectivity index (χ0) is 14.8. The Balaban J connectivity index is 2.11. The molecule has 1 saturated carbocycles. The summed E-state index contributed by atoms with van der Waals surface area (Å²) in [6.45, 7) is 0.201. The van der Waals surface area contributed by atoms with Crippen molar-refractivity contribution < 1.29 is 17.7 Å². The van der Waals surface area contributed by atoms with Gasteiger partial charge in [0.2, 0.25) is 15.8 Å². The van der Waals surface area contributed by atoms with Gasteiger partial charge >= 0.3 is 5.69 Å². The number of nitrogens with zero attached hydrogens (tertiary/aromatic N) is 1. The Kier molecular flexibility index (Phi) is 4.34. The van der Waals surface area contributed by atoms with E-state index < -0.39 is 31.3 Å². The van der Waals surface area contributed by atoms with Gasteiger partial charge in [-0.25, -0.2) is 13.1 Å². The summed E-state index contributed by atoms with van der Waals surface area (Å²) in [4.78, 5) is 9.14. The fourth-order valence-electron chi connectivity index (χ4n) is 1.97. The number of nitro groups is 1. The van der Waals surface area contributed by atoms with Gasteiger partial charge < -0.3 is 0 Å². The van der Waals surface area contributed by atoms with Gasteiger partial charge in [-0.15, -0.1) is 0 Å². The number of para-hydroxylation sites is 1. The smallest absolute Gasteiger partial charge is 0.258 e. The minimum atomic E-state index is -4.07. The lowest BCUT2D eigenvalue weighted by Gasteiger charge is -2.07. The van der Waals surface area contributed by atoms with E-state index in [4.69, 9.17) is 0 Å². The van der Waals surface area contributed by atoms with Crippen LogP contribution in [0, 0.1) is 21.8 Å². The summed E-state index contributed by atoms with van der Waals surface area (Å²) in [6, 6.07) is 3.04. The van der Waals surface area contributed by atoms with E-state index >= 15 is 0 Å². The molecule has 0 amide bonds. The second-order valence-corrected chi connectivity index (χ2v) is 6.56. The quantitative estimate of drug-likeness (QED) is 0.475. The van der Waals surface area contributed by atoms with Crippen molar-refractivity contribution in [2.45, 2.75) is 30.6 Å². The third kappa shape index (κ3) is 3.51. The van der Waals surface area contributed by atoms with Crippen LogP contribution in [0.15, 0.2) is 23.1 Å². The van der Waals surface area contributed by atoms with E-state index in [1.54, 1.807) is 0 Å². The molecule has 1 aromatic rings. The van der Waals surface area contributed by atoms with Crippen molar-refractivity contribution in [2.75, 3.05) is 6.54 Å². The average Bonchev–Trinajstić information content (AvgIpc) is 3.18. The van der Waals surface area contributed by atoms with Gasteiger partial charge in [0.05, 0.1) is 4.92 Å². The molecule has 0 bridgehead atoms. The van der Waals surface area contributed by atoms with Crippen LogP contribution in [0.4, 0.5) is 10.1 Å². The number of sulfonamides is 1. The molecule has 0 saturated heterocycles. The highest BCUT2D eigenvalue weighted by molar-refractivity contribution is 7.89. The molecule has 1 N–H and O–H groups in total. The summed E-state index contributed by atoms with van der Waals surface area (Å²) in [5.74, 6) is -0.473. The standard InChI is InChI=1S/C12H15FN2O4S/c13-10-4-1-5-11(12(10)15(16)17)20(18,19)14-8-2-3-9-6-7-9/h1,4-5,9,14H,2-3,6-8H2. The Morgan fingerprint density at radius 3 is 2.70 bits per heavy atom. The maximum atomic E-state index is 13.4. The Labute approximate surface area is 116 Å². The topological polar surface area (TPSA) is 89.3 Å². The molecule has 0 atom stereocenters. The zero-order valence-corrected chi connectivity index (χ0v) is 11.5. The third-order valence-electron chi connectivity index (χ3n) is 3.20. The number of hydrogen-bond acceptors (Lipinski definition) is 4. The lowest BCUT2D eigenvalue weighted by atomic mass is 10.2. The molecule has 0 heterocycles. The number of benzene rings is 1. The van der Waals surface area contributed by atoms with Gasteiger partial charge in [0.1, 0.15) is 0 Å². The highest BCUT2D eigenvalue weighted by atomic mass is 32.2. The second kappa shape index (κ2) is 5.84. The van der Waals surface area contributed by atoms with Crippen molar-refractivity contribution in [3.8, 4) is 0 Å². The first-order valence-electron chi connectivity index (χ1n) is 6.34. The van der Waals surface area contributed by atoms with Crippen LogP contribution in [-0.4, -0.2) is 19.9 Å². The minimum absolute atomic E-state index is 0.201. The van der Waals surface area contributed by atoms with Crippen molar-refractivity contribution in [1.29, 1.82) is 0 Å². The van der Waals surface area contributed by atoms with Crippen LogP contribution >= 0.6 is 0 Å². The SMILES string of the molecule is O=[N+]([O-])c1c(F)cccc1S(=O)(=O)NCCCC1CC1. The van der Waals surface area contributed by atoms with Crippen LogP contribution in [0.25, 0.3) is 0 Å². The maximum Gasteiger partial charge on any atom is 0.324 e. The van der Waals surface area contributed by atoms with Crippen LogP contribution < -0.4 is 4.72 Å².